The molecule has 0 aliphatic carbocycles. The SMILES string of the molecule is CCS(=O)(=O)c1ccc(Cl)cc1CNC(=O)c1cc(Cl)cc(C(F)(F)F)c1. The van der Waals surface area contributed by atoms with E-state index in [0.717, 1.165) is 6.07 Å². The highest BCUT2D eigenvalue weighted by atomic mass is 35.5. The molecule has 0 aliphatic heterocycles. The Hall–Kier alpha value is -1.77. The molecule has 0 saturated heterocycles. The fraction of sp³-hybridized carbons (Fsp3) is 0.235. The number of alkyl halides is 3. The molecule has 0 saturated carbocycles. The van der Waals surface area contributed by atoms with Crippen molar-refractivity contribution in [2.24, 2.45) is 0 Å². The van der Waals surface area contributed by atoms with Crippen molar-refractivity contribution in [1.82, 2.24) is 5.32 Å². The van der Waals surface area contributed by atoms with Crippen molar-refractivity contribution < 1.29 is 26.4 Å². The molecule has 0 bridgehead atoms. The van der Waals surface area contributed by atoms with Crippen LogP contribution in [-0.2, 0) is 22.6 Å². The Balaban J connectivity index is 2.29. The third-order valence-corrected chi connectivity index (χ3v) is 5.95. The summed E-state index contributed by atoms with van der Waals surface area (Å²) >= 11 is 11.5. The summed E-state index contributed by atoms with van der Waals surface area (Å²) in [5.41, 5.74) is -1.12. The van der Waals surface area contributed by atoms with Crippen LogP contribution in [0.3, 0.4) is 0 Å². The molecule has 0 spiro atoms. The van der Waals surface area contributed by atoms with Crippen molar-refractivity contribution >= 4 is 38.9 Å². The maximum atomic E-state index is 12.9. The fourth-order valence-corrected chi connectivity index (χ4v) is 3.85. The molecule has 2 aromatic carbocycles. The summed E-state index contributed by atoms with van der Waals surface area (Å²) in [6, 6.07) is 6.58. The van der Waals surface area contributed by atoms with E-state index in [1.54, 1.807) is 0 Å². The van der Waals surface area contributed by atoms with Crippen molar-refractivity contribution in [1.29, 1.82) is 0 Å². The largest absolute Gasteiger partial charge is 0.416 e. The Labute approximate surface area is 164 Å². The van der Waals surface area contributed by atoms with Crippen molar-refractivity contribution in [2.45, 2.75) is 24.5 Å². The van der Waals surface area contributed by atoms with Gasteiger partial charge in [0.05, 0.1) is 16.2 Å². The van der Waals surface area contributed by atoms with Crippen molar-refractivity contribution in [3.05, 3.63) is 63.1 Å². The van der Waals surface area contributed by atoms with Gasteiger partial charge in [0.25, 0.3) is 5.91 Å². The predicted octanol–water partition coefficient (Wildman–Crippen LogP) is 4.74. The van der Waals surface area contributed by atoms with Gasteiger partial charge in [-0.2, -0.15) is 13.2 Å². The predicted molar refractivity (Wildman–Crippen MR) is 96.8 cm³/mol. The summed E-state index contributed by atoms with van der Waals surface area (Å²) in [5, 5.41) is 2.41. The lowest BCUT2D eigenvalue weighted by molar-refractivity contribution is -0.137. The molecule has 2 aromatic rings. The van der Waals surface area contributed by atoms with Crippen LogP contribution in [0.1, 0.15) is 28.4 Å². The number of nitrogens with one attached hydrogen (secondary N) is 1. The van der Waals surface area contributed by atoms with Crippen molar-refractivity contribution in [3.63, 3.8) is 0 Å². The summed E-state index contributed by atoms with van der Waals surface area (Å²) in [7, 11) is -3.57. The van der Waals surface area contributed by atoms with E-state index < -0.39 is 27.5 Å². The van der Waals surface area contributed by atoms with Crippen LogP contribution in [0, 0.1) is 0 Å². The second-order valence-corrected chi connectivity index (χ2v) is 8.68. The van der Waals surface area contributed by atoms with Gasteiger partial charge in [0.1, 0.15) is 0 Å². The Kier molecular flexibility index (Phi) is 6.44. The van der Waals surface area contributed by atoms with E-state index in [2.05, 4.69) is 5.32 Å². The van der Waals surface area contributed by atoms with E-state index >= 15 is 0 Å². The Morgan fingerprint density at radius 1 is 1.07 bits per heavy atom. The summed E-state index contributed by atoms with van der Waals surface area (Å²) in [6.07, 6.45) is -4.66. The molecule has 10 heteroatoms. The van der Waals surface area contributed by atoms with Crippen LogP contribution in [0.5, 0.6) is 0 Å². The van der Waals surface area contributed by atoms with Gasteiger partial charge < -0.3 is 5.32 Å². The lowest BCUT2D eigenvalue weighted by Gasteiger charge is -2.13. The molecule has 0 radical (unpaired) electrons. The number of hydrogen-bond acceptors (Lipinski definition) is 3. The minimum Gasteiger partial charge on any atom is -0.348 e. The van der Waals surface area contributed by atoms with Gasteiger partial charge in [-0.3, -0.25) is 4.79 Å². The van der Waals surface area contributed by atoms with Gasteiger partial charge in [0.2, 0.25) is 0 Å². The minimum atomic E-state index is -4.66. The second kappa shape index (κ2) is 8.08. The lowest BCUT2D eigenvalue weighted by Crippen LogP contribution is -2.24. The zero-order valence-corrected chi connectivity index (χ0v) is 16.2. The van der Waals surface area contributed by atoms with Gasteiger partial charge in [-0.25, -0.2) is 8.42 Å². The first-order valence-corrected chi connectivity index (χ1v) is 10.0. The maximum Gasteiger partial charge on any atom is 0.416 e. The molecule has 0 aromatic heterocycles. The summed E-state index contributed by atoms with van der Waals surface area (Å²) in [4.78, 5) is 12.2. The van der Waals surface area contributed by atoms with Gasteiger partial charge >= 0.3 is 6.18 Å². The van der Waals surface area contributed by atoms with Gasteiger partial charge in [-0.15, -0.1) is 0 Å². The molecule has 0 atom stereocenters. The highest BCUT2D eigenvalue weighted by Crippen LogP contribution is 2.32. The molecule has 0 unspecified atom stereocenters. The average Bonchev–Trinajstić information content (AvgIpc) is 2.58. The molecule has 4 nitrogen and oxygen atoms in total. The standard InChI is InChI=1S/C17H14Cl2F3NO3S/c1-2-27(25,26)15-4-3-13(18)7-11(15)9-23-16(24)10-5-12(17(20,21)22)8-14(19)6-10/h3-8H,2,9H2,1H3,(H,23,24). The third-order valence-electron chi connectivity index (χ3n) is 3.66. The first-order chi connectivity index (χ1) is 12.4. The number of hydrogen-bond donors (Lipinski definition) is 1. The van der Waals surface area contributed by atoms with E-state index in [1.807, 2.05) is 0 Å². The Morgan fingerprint density at radius 3 is 2.33 bits per heavy atom. The van der Waals surface area contributed by atoms with Crippen LogP contribution in [0.4, 0.5) is 13.2 Å². The number of halogens is 5. The highest BCUT2D eigenvalue weighted by Gasteiger charge is 2.31. The fourth-order valence-electron chi connectivity index (χ4n) is 2.31. The van der Waals surface area contributed by atoms with E-state index in [0.29, 0.717) is 12.1 Å². The van der Waals surface area contributed by atoms with Crippen molar-refractivity contribution in [3.8, 4) is 0 Å². The smallest absolute Gasteiger partial charge is 0.348 e. The lowest BCUT2D eigenvalue weighted by atomic mass is 10.1. The van der Waals surface area contributed by atoms with E-state index in [9.17, 15) is 26.4 Å². The van der Waals surface area contributed by atoms with Crippen molar-refractivity contribution in [2.75, 3.05) is 5.75 Å². The van der Waals surface area contributed by atoms with E-state index in [1.165, 1.54) is 25.1 Å². The van der Waals surface area contributed by atoms with Gasteiger partial charge in [-0.1, -0.05) is 30.1 Å². The van der Waals surface area contributed by atoms with Crippen LogP contribution in [0.15, 0.2) is 41.3 Å². The van der Waals surface area contributed by atoms with Gasteiger partial charge in [0.15, 0.2) is 9.84 Å². The van der Waals surface area contributed by atoms with E-state index in [4.69, 9.17) is 23.2 Å². The molecule has 0 aliphatic rings. The van der Waals surface area contributed by atoms with Crippen LogP contribution < -0.4 is 5.32 Å². The minimum absolute atomic E-state index is 0.00299. The zero-order valence-electron chi connectivity index (χ0n) is 13.9. The van der Waals surface area contributed by atoms with Gasteiger partial charge in [0, 0.05) is 22.2 Å². The molecular formula is C17H14Cl2F3NO3S. The topological polar surface area (TPSA) is 63.2 Å². The zero-order chi connectivity index (χ0) is 20.4. The quantitative estimate of drug-likeness (QED) is 0.731. The van der Waals surface area contributed by atoms with Crippen LogP contribution >= 0.6 is 23.2 Å². The number of benzene rings is 2. The molecule has 0 fully saturated rings. The van der Waals surface area contributed by atoms with Crippen LogP contribution in [-0.4, -0.2) is 20.1 Å². The second-order valence-electron chi connectivity index (χ2n) is 5.56. The number of rotatable bonds is 5. The van der Waals surface area contributed by atoms with E-state index in [-0.39, 0.29) is 38.4 Å². The van der Waals surface area contributed by atoms with Crippen LogP contribution in [0.25, 0.3) is 0 Å². The number of carbonyl (C=O) groups is 1. The Bertz CT molecular complexity index is 976. The monoisotopic (exact) mass is 439 g/mol. The molecule has 2 rings (SSSR count). The first kappa shape index (κ1) is 21.5. The van der Waals surface area contributed by atoms with Crippen LogP contribution in [0.2, 0.25) is 10.0 Å². The number of carbonyl (C=O) groups excluding carboxylic acids is 1. The average molecular weight is 440 g/mol. The normalized spacial score (nSPS) is 12.1. The summed E-state index contributed by atoms with van der Waals surface area (Å²) in [5.74, 6) is -0.985. The number of sulfone groups is 1. The Morgan fingerprint density at radius 2 is 1.74 bits per heavy atom. The molecule has 1 amide bonds. The molecule has 0 heterocycles. The molecular weight excluding hydrogens is 426 g/mol. The summed E-state index contributed by atoms with van der Waals surface area (Å²) in [6.45, 7) is 1.23. The summed E-state index contributed by atoms with van der Waals surface area (Å²) < 4.78 is 62.9. The highest BCUT2D eigenvalue weighted by molar-refractivity contribution is 7.91. The number of amides is 1. The molecule has 146 valence electrons. The maximum absolute atomic E-state index is 12.9. The molecule has 27 heavy (non-hydrogen) atoms. The molecule has 1 N–H and O–H groups in total. The first-order valence-electron chi connectivity index (χ1n) is 7.61. The third kappa shape index (κ3) is 5.37. The van der Waals surface area contributed by atoms with Gasteiger partial charge in [-0.05, 0) is 42.0 Å².